The van der Waals surface area contributed by atoms with E-state index in [0.29, 0.717) is 18.8 Å². The van der Waals surface area contributed by atoms with Crippen LogP contribution < -0.4 is 10.1 Å². The van der Waals surface area contributed by atoms with E-state index in [4.69, 9.17) is 4.74 Å². The van der Waals surface area contributed by atoms with Crippen LogP contribution in [0.2, 0.25) is 0 Å². The first-order chi connectivity index (χ1) is 14.2. The van der Waals surface area contributed by atoms with E-state index >= 15 is 0 Å². The van der Waals surface area contributed by atoms with Crippen LogP contribution in [0.4, 0.5) is 0 Å². The summed E-state index contributed by atoms with van der Waals surface area (Å²) in [5.41, 5.74) is 1.98. The lowest BCUT2D eigenvalue weighted by Gasteiger charge is -2.29. The molecular weight excluding hydrogens is 368 g/mol. The number of para-hydroxylation sites is 1. The predicted molar refractivity (Wildman–Crippen MR) is 108 cm³/mol. The minimum atomic E-state index is -0.363. The topological polar surface area (TPSA) is 76.5 Å². The van der Waals surface area contributed by atoms with Crippen LogP contribution >= 0.6 is 0 Å². The largest absolute Gasteiger partial charge is 0.493 e. The number of aromatic nitrogens is 2. The summed E-state index contributed by atoms with van der Waals surface area (Å²) in [5, 5.41) is 7.35. The summed E-state index contributed by atoms with van der Waals surface area (Å²) in [7, 11) is 1.52. The molecule has 1 fully saturated rings. The van der Waals surface area contributed by atoms with Crippen LogP contribution in [-0.4, -0.2) is 46.7 Å². The number of benzene rings is 2. The van der Waals surface area contributed by atoms with E-state index in [-0.39, 0.29) is 30.0 Å². The Morgan fingerprint density at radius 1 is 1.10 bits per heavy atom. The van der Waals surface area contributed by atoms with Gasteiger partial charge in [0.05, 0.1) is 31.5 Å². The van der Waals surface area contributed by atoms with Crippen molar-refractivity contribution in [2.24, 2.45) is 0 Å². The third-order valence-corrected chi connectivity index (χ3v) is 5.00. The molecule has 2 heterocycles. The van der Waals surface area contributed by atoms with E-state index < -0.39 is 0 Å². The average molecular weight is 390 g/mol. The molecule has 148 valence electrons. The van der Waals surface area contributed by atoms with Crippen LogP contribution in [0.3, 0.4) is 0 Å². The molecule has 4 rings (SSSR count). The SMILES string of the molecule is COc1cn(-c2ccccc2)nc1C(=O)N1CCNC(=O)CC1c1ccccc1. The summed E-state index contributed by atoms with van der Waals surface area (Å²) in [6, 6.07) is 18.8. The summed E-state index contributed by atoms with van der Waals surface area (Å²) in [6.07, 6.45) is 1.90. The highest BCUT2D eigenvalue weighted by atomic mass is 16.5. The fourth-order valence-corrected chi connectivity index (χ4v) is 3.55. The van der Waals surface area contributed by atoms with Crippen LogP contribution in [0.15, 0.2) is 66.9 Å². The standard InChI is InChI=1S/C22H22N4O3/c1-29-19-15-26(17-10-6-3-7-11-17)24-21(19)22(28)25-13-12-23-20(27)14-18(25)16-8-4-2-5-9-16/h2-11,15,18H,12-14H2,1H3,(H,23,27). The van der Waals surface area contributed by atoms with E-state index in [0.717, 1.165) is 11.3 Å². The molecular formula is C22H22N4O3. The zero-order valence-corrected chi connectivity index (χ0v) is 16.1. The molecule has 0 aliphatic carbocycles. The van der Waals surface area contributed by atoms with E-state index in [2.05, 4.69) is 10.4 Å². The highest BCUT2D eigenvalue weighted by molar-refractivity contribution is 5.96. The van der Waals surface area contributed by atoms with Gasteiger partial charge in [-0.05, 0) is 17.7 Å². The van der Waals surface area contributed by atoms with Crippen molar-refractivity contribution >= 4 is 11.8 Å². The van der Waals surface area contributed by atoms with Crippen molar-refractivity contribution in [1.82, 2.24) is 20.0 Å². The Morgan fingerprint density at radius 2 is 1.79 bits per heavy atom. The molecule has 1 unspecified atom stereocenters. The number of nitrogens with one attached hydrogen (secondary N) is 1. The minimum absolute atomic E-state index is 0.0732. The van der Waals surface area contributed by atoms with Crippen molar-refractivity contribution in [3.05, 3.63) is 78.1 Å². The Bertz CT molecular complexity index is 1000. The lowest BCUT2D eigenvalue weighted by atomic mass is 10.0. The zero-order chi connectivity index (χ0) is 20.2. The van der Waals surface area contributed by atoms with Crippen molar-refractivity contribution in [2.75, 3.05) is 20.2 Å². The number of hydrogen-bond acceptors (Lipinski definition) is 4. The third-order valence-electron chi connectivity index (χ3n) is 5.00. The first-order valence-corrected chi connectivity index (χ1v) is 9.49. The summed E-state index contributed by atoms with van der Waals surface area (Å²) >= 11 is 0. The molecule has 2 aromatic carbocycles. The number of carbonyl (C=O) groups excluding carboxylic acids is 2. The lowest BCUT2D eigenvalue weighted by Crippen LogP contribution is -2.37. The molecule has 0 spiro atoms. The van der Waals surface area contributed by atoms with Gasteiger partial charge >= 0.3 is 0 Å². The maximum Gasteiger partial charge on any atom is 0.278 e. The number of amides is 2. The van der Waals surface area contributed by atoms with Gasteiger partial charge in [-0.2, -0.15) is 5.10 Å². The second-order valence-electron chi connectivity index (χ2n) is 6.81. The smallest absolute Gasteiger partial charge is 0.278 e. The van der Waals surface area contributed by atoms with Gasteiger partial charge in [0, 0.05) is 13.1 Å². The molecule has 2 amide bonds. The van der Waals surface area contributed by atoms with E-state index in [1.54, 1.807) is 15.8 Å². The molecule has 1 N–H and O–H groups in total. The van der Waals surface area contributed by atoms with Crippen LogP contribution in [0, 0.1) is 0 Å². The molecule has 1 atom stereocenters. The first-order valence-electron chi connectivity index (χ1n) is 9.49. The minimum Gasteiger partial charge on any atom is -0.493 e. The Labute approximate surface area is 168 Å². The molecule has 0 bridgehead atoms. The second-order valence-corrected chi connectivity index (χ2v) is 6.81. The summed E-state index contributed by atoms with van der Waals surface area (Å²) in [5.74, 6) is 0.0621. The van der Waals surface area contributed by atoms with Gasteiger partial charge in [0.25, 0.3) is 5.91 Å². The molecule has 1 aromatic heterocycles. The van der Waals surface area contributed by atoms with Gasteiger partial charge in [0.1, 0.15) is 0 Å². The van der Waals surface area contributed by atoms with Crippen molar-refractivity contribution in [3.63, 3.8) is 0 Å². The number of carbonyl (C=O) groups is 2. The molecule has 29 heavy (non-hydrogen) atoms. The van der Waals surface area contributed by atoms with Crippen LogP contribution in [-0.2, 0) is 4.79 Å². The van der Waals surface area contributed by atoms with Gasteiger partial charge in [-0.3, -0.25) is 9.59 Å². The second kappa shape index (κ2) is 8.18. The van der Waals surface area contributed by atoms with Gasteiger partial charge in [-0.15, -0.1) is 0 Å². The van der Waals surface area contributed by atoms with Crippen LogP contribution in [0.1, 0.15) is 28.5 Å². The number of rotatable bonds is 4. The molecule has 1 aliphatic heterocycles. The summed E-state index contributed by atoms with van der Waals surface area (Å²) in [4.78, 5) is 27.4. The van der Waals surface area contributed by atoms with Crippen molar-refractivity contribution in [3.8, 4) is 11.4 Å². The maximum absolute atomic E-state index is 13.5. The van der Waals surface area contributed by atoms with Crippen molar-refractivity contribution in [2.45, 2.75) is 12.5 Å². The lowest BCUT2D eigenvalue weighted by molar-refractivity contribution is -0.121. The van der Waals surface area contributed by atoms with Crippen molar-refractivity contribution in [1.29, 1.82) is 0 Å². The fraction of sp³-hybridized carbons (Fsp3) is 0.227. The Hall–Kier alpha value is -3.61. The molecule has 3 aromatic rings. The molecule has 1 aliphatic rings. The predicted octanol–water partition coefficient (Wildman–Crippen LogP) is 2.58. The van der Waals surface area contributed by atoms with E-state index in [9.17, 15) is 9.59 Å². The Kier molecular flexibility index (Phi) is 5.29. The molecule has 7 heteroatoms. The van der Waals surface area contributed by atoms with Gasteiger partial charge < -0.3 is 15.0 Å². The quantitative estimate of drug-likeness (QED) is 0.743. The number of ether oxygens (including phenoxy) is 1. The molecule has 0 saturated carbocycles. The Balaban J connectivity index is 1.71. The number of methoxy groups -OCH3 is 1. The Morgan fingerprint density at radius 3 is 2.48 bits per heavy atom. The van der Waals surface area contributed by atoms with Gasteiger partial charge in [0.15, 0.2) is 11.4 Å². The highest BCUT2D eigenvalue weighted by Gasteiger charge is 2.33. The van der Waals surface area contributed by atoms with Crippen LogP contribution in [0.25, 0.3) is 5.69 Å². The molecule has 0 radical (unpaired) electrons. The number of hydrogen-bond donors (Lipinski definition) is 1. The highest BCUT2D eigenvalue weighted by Crippen LogP contribution is 2.29. The van der Waals surface area contributed by atoms with E-state index in [1.165, 1.54) is 7.11 Å². The first kappa shape index (κ1) is 18.7. The average Bonchev–Trinajstić information content (AvgIpc) is 3.11. The van der Waals surface area contributed by atoms with Gasteiger partial charge in [0.2, 0.25) is 5.91 Å². The monoisotopic (exact) mass is 390 g/mol. The fourth-order valence-electron chi connectivity index (χ4n) is 3.55. The summed E-state index contributed by atoms with van der Waals surface area (Å²) in [6.45, 7) is 0.793. The molecule has 1 saturated heterocycles. The van der Waals surface area contributed by atoms with Crippen LogP contribution in [0.5, 0.6) is 5.75 Å². The van der Waals surface area contributed by atoms with Gasteiger partial charge in [-0.25, -0.2) is 4.68 Å². The third kappa shape index (κ3) is 3.85. The zero-order valence-electron chi connectivity index (χ0n) is 16.1. The molecule has 7 nitrogen and oxygen atoms in total. The number of nitrogens with zero attached hydrogens (tertiary/aromatic N) is 3. The maximum atomic E-state index is 13.5. The normalized spacial score (nSPS) is 16.8. The van der Waals surface area contributed by atoms with Gasteiger partial charge in [-0.1, -0.05) is 48.5 Å². The van der Waals surface area contributed by atoms with E-state index in [1.807, 2.05) is 60.7 Å². The summed E-state index contributed by atoms with van der Waals surface area (Å²) < 4.78 is 7.07. The van der Waals surface area contributed by atoms with Crippen molar-refractivity contribution < 1.29 is 14.3 Å².